The summed E-state index contributed by atoms with van der Waals surface area (Å²) in [7, 11) is 0. The number of benzene rings is 1. The first-order chi connectivity index (χ1) is 9.11. The molecule has 1 fully saturated rings. The van der Waals surface area contributed by atoms with E-state index in [2.05, 4.69) is 43.0 Å². The molecule has 0 saturated carbocycles. The molecule has 0 radical (unpaired) electrons. The monoisotopic (exact) mass is 262 g/mol. The van der Waals surface area contributed by atoms with Gasteiger partial charge in [0.1, 0.15) is 5.75 Å². The Labute approximate surface area is 116 Å². The first kappa shape index (κ1) is 14.4. The van der Waals surface area contributed by atoms with Crippen LogP contribution in [0.15, 0.2) is 24.3 Å². The molecule has 19 heavy (non-hydrogen) atoms. The van der Waals surface area contributed by atoms with Gasteiger partial charge >= 0.3 is 0 Å². The van der Waals surface area contributed by atoms with Crippen LogP contribution in [-0.2, 0) is 0 Å². The number of likely N-dealkylation sites (tertiary alicyclic amines) is 1. The van der Waals surface area contributed by atoms with E-state index in [0.717, 1.165) is 25.4 Å². The van der Waals surface area contributed by atoms with E-state index in [9.17, 15) is 0 Å². The zero-order valence-corrected chi connectivity index (χ0v) is 12.3. The molecular weight excluding hydrogens is 236 g/mol. The fraction of sp³-hybridized carbons (Fsp3) is 0.625. The second-order valence-electron chi connectivity index (χ2n) is 5.58. The minimum Gasteiger partial charge on any atom is -0.494 e. The number of hydrogen-bond donors (Lipinski definition) is 1. The van der Waals surface area contributed by atoms with E-state index >= 15 is 0 Å². The Balaban J connectivity index is 1.98. The minimum atomic E-state index is 0.303. The van der Waals surface area contributed by atoms with Gasteiger partial charge in [-0.3, -0.25) is 4.90 Å². The SMILES string of the molecule is CCOc1ccc(C(C)N2CCC(C(C)N)C2)cc1. The Morgan fingerprint density at radius 1 is 1.32 bits per heavy atom. The van der Waals surface area contributed by atoms with E-state index < -0.39 is 0 Å². The summed E-state index contributed by atoms with van der Waals surface area (Å²) in [5.74, 6) is 1.60. The molecule has 0 aromatic heterocycles. The van der Waals surface area contributed by atoms with Crippen molar-refractivity contribution in [2.75, 3.05) is 19.7 Å². The standard InChI is InChI=1S/C16H26N2O/c1-4-19-16-7-5-14(6-8-16)13(3)18-10-9-15(11-18)12(2)17/h5-8,12-13,15H,4,9-11,17H2,1-3H3. The zero-order valence-electron chi connectivity index (χ0n) is 12.3. The number of nitrogens with zero attached hydrogens (tertiary/aromatic N) is 1. The van der Waals surface area contributed by atoms with E-state index in [0.29, 0.717) is 18.0 Å². The van der Waals surface area contributed by atoms with Crippen molar-refractivity contribution < 1.29 is 4.74 Å². The molecule has 0 bridgehead atoms. The Bertz CT molecular complexity index is 388. The lowest BCUT2D eigenvalue weighted by molar-refractivity contribution is 0.248. The van der Waals surface area contributed by atoms with Crippen LogP contribution in [0.3, 0.4) is 0 Å². The van der Waals surface area contributed by atoms with E-state index in [1.54, 1.807) is 0 Å². The van der Waals surface area contributed by atoms with Gasteiger partial charge in [-0.1, -0.05) is 12.1 Å². The van der Waals surface area contributed by atoms with Crippen LogP contribution >= 0.6 is 0 Å². The highest BCUT2D eigenvalue weighted by Gasteiger charge is 2.28. The van der Waals surface area contributed by atoms with Crippen LogP contribution in [0.5, 0.6) is 5.75 Å². The fourth-order valence-electron chi connectivity index (χ4n) is 2.82. The van der Waals surface area contributed by atoms with Gasteiger partial charge in [-0.2, -0.15) is 0 Å². The van der Waals surface area contributed by atoms with Gasteiger partial charge in [0.15, 0.2) is 0 Å². The summed E-state index contributed by atoms with van der Waals surface area (Å²) in [6.45, 7) is 9.40. The van der Waals surface area contributed by atoms with Gasteiger partial charge in [0.25, 0.3) is 0 Å². The predicted molar refractivity (Wildman–Crippen MR) is 79.4 cm³/mol. The van der Waals surface area contributed by atoms with Crippen molar-refractivity contribution >= 4 is 0 Å². The lowest BCUT2D eigenvalue weighted by Gasteiger charge is -2.25. The molecule has 1 aromatic rings. The third kappa shape index (κ3) is 3.48. The molecule has 1 aliphatic heterocycles. The molecule has 1 aliphatic rings. The van der Waals surface area contributed by atoms with Crippen molar-refractivity contribution in [3.05, 3.63) is 29.8 Å². The topological polar surface area (TPSA) is 38.5 Å². The molecule has 106 valence electrons. The summed E-state index contributed by atoms with van der Waals surface area (Å²) in [5, 5.41) is 0. The zero-order chi connectivity index (χ0) is 13.8. The van der Waals surface area contributed by atoms with Crippen molar-refractivity contribution in [3.8, 4) is 5.75 Å². The minimum absolute atomic E-state index is 0.303. The van der Waals surface area contributed by atoms with Gasteiger partial charge in [0.05, 0.1) is 6.61 Å². The number of ether oxygens (including phenoxy) is 1. The van der Waals surface area contributed by atoms with Crippen molar-refractivity contribution in [1.82, 2.24) is 4.90 Å². The molecule has 3 nitrogen and oxygen atoms in total. The highest BCUT2D eigenvalue weighted by Crippen LogP contribution is 2.29. The van der Waals surface area contributed by atoms with Crippen molar-refractivity contribution in [2.24, 2.45) is 11.7 Å². The summed E-state index contributed by atoms with van der Waals surface area (Å²) in [6, 6.07) is 9.24. The Hall–Kier alpha value is -1.06. The van der Waals surface area contributed by atoms with Crippen LogP contribution in [-0.4, -0.2) is 30.6 Å². The summed E-state index contributed by atoms with van der Waals surface area (Å²) >= 11 is 0. The molecule has 1 aromatic carbocycles. The quantitative estimate of drug-likeness (QED) is 0.887. The fourth-order valence-corrected chi connectivity index (χ4v) is 2.82. The normalized spacial score (nSPS) is 23.3. The Morgan fingerprint density at radius 3 is 2.53 bits per heavy atom. The molecule has 0 aliphatic carbocycles. The third-order valence-electron chi connectivity index (χ3n) is 4.22. The van der Waals surface area contributed by atoms with Gasteiger partial charge < -0.3 is 10.5 Å². The number of hydrogen-bond acceptors (Lipinski definition) is 3. The predicted octanol–water partition coefficient (Wildman–Crippen LogP) is 2.82. The molecule has 0 spiro atoms. The van der Waals surface area contributed by atoms with E-state index in [-0.39, 0.29) is 0 Å². The summed E-state index contributed by atoms with van der Waals surface area (Å²) in [6.07, 6.45) is 1.22. The van der Waals surface area contributed by atoms with Crippen LogP contribution in [0, 0.1) is 5.92 Å². The first-order valence-corrected chi connectivity index (χ1v) is 7.34. The van der Waals surface area contributed by atoms with E-state index in [1.165, 1.54) is 12.0 Å². The van der Waals surface area contributed by atoms with Crippen LogP contribution in [0.25, 0.3) is 0 Å². The van der Waals surface area contributed by atoms with Crippen molar-refractivity contribution in [3.63, 3.8) is 0 Å². The lowest BCUT2D eigenvalue weighted by Crippen LogP contribution is -2.30. The van der Waals surface area contributed by atoms with Crippen LogP contribution in [0.4, 0.5) is 0 Å². The molecule has 2 rings (SSSR count). The smallest absolute Gasteiger partial charge is 0.119 e. The van der Waals surface area contributed by atoms with Crippen LogP contribution in [0.1, 0.15) is 38.8 Å². The van der Waals surface area contributed by atoms with Gasteiger partial charge in [0, 0.05) is 18.6 Å². The van der Waals surface area contributed by atoms with Gasteiger partial charge in [0.2, 0.25) is 0 Å². The Morgan fingerprint density at radius 2 is 2.00 bits per heavy atom. The molecule has 3 atom stereocenters. The molecular formula is C16H26N2O. The summed E-state index contributed by atoms with van der Waals surface area (Å²) < 4.78 is 5.48. The average molecular weight is 262 g/mol. The van der Waals surface area contributed by atoms with Crippen molar-refractivity contribution in [1.29, 1.82) is 0 Å². The second-order valence-corrected chi connectivity index (χ2v) is 5.58. The maximum absolute atomic E-state index is 6.01. The maximum atomic E-state index is 6.01. The average Bonchev–Trinajstić information content (AvgIpc) is 2.89. The highest BCUT2D eigenvalue weighted by atomic mass is 16.5. The molecule has 1 saturated heterocycles. The second kappa shape index (κ2) is 6.40. The number of rotatable bonds is 5. The summed E-state index contributed by atoms with van der Waals surface area (Å²) in [5.41, 5.74) is 7.36. The van der Waals surface area contributed by atoms with Gasteiger partial charge in [-0.15, -0.1) is 0 Å². The first-order valence-electron chi connectivity index (χ1n) is 7.34. The van der Waals surface area contributed by atoms with E-state index in [1.807, 2.05) is 6.92 Å². The van der Waals surface area contributed by atoms with Gasteiger partial charge in [-0.05, 0) is 57.4 Å². The Kier molecular flexibility index (Phi) is 4.83. The van der Waals surface area contributed by atoms with E-state index in [4.69, 9.17) is 10.5 Å². The maximum Gasteiger partial charge on any atom is 0.119 e. The highest BCUT2D eigenvalue weighted by molar-refractivity contribution is 5.29. The largest absolute Gasteiger partial charge is 0.494 e. The molecule has 1 heterocycles. The van der Waals surface area contributed by atoms with Crippen LogP contribution in [0.2, 0.25) is 0 Å². The molecule has 2 N–H and O–H groups in total. The summed E-state index contributed by atoms with van der Waals surface area (Å²) in [4.78, 5) is 2.53. The third-order valence-corrected chi connectivity index (χ3v) is 4.22. The van der Waals surface area contributed by atoms with Gasteiger partial charge in [-0.25, -0.2) is 0 Å². The molecule has 0 amide bonds. The number of nitrogens with two attached hydrogens (primary N) is 1. The van der Waals surface area contributed by atoms with Crippen molar-refractivity contribution in [2.45, 2.75) is 39.3 Å². The lowest BCUT2D eigenvalue weighted by atomic mass is 10.0. The van der Waals surface area contributed by atoms with Crippen LogP contribution < -0.4 is 10.5 Å². The molecule has 3 heteroatoms. The molecule has 3 unspecified atom stereocenters.